The monoisotopic (exact) mass is 266 g/mol. The van der Waals surface area contributed by atoms with E-state index < -0.39 is 5.97 Å². The molecule has 0 aromatic heterocycles. The van der Waals surface area contributed by atoms with Crippen molar-refractivity contribution in [2.75, 3.05) is 46.8 Å². The van der Waals surface area contributed by atoms with E-state index in [1.807, 2.05) is 13.8 Å². The van der Waals surface area contributed by atoms with Crippen molar-refractivity contribution in [3.63, 3.8) is 0 Å². The third-order valence-electron chi connectivity index (χ3n) is 1.25. The predicted octanol–water partition coefficient (Wildman–Crippen LogP) is 0.376. The van der Waals surface area contributed by atoms with Crippen molar-refractivity contribution >= 4 is 5.97 Å². The maximum absolute atomic E-state index is 9.84. The fourth-order valence-electron chi connectivity index (χ4n) is 0.519. The van der Waals surface area contributed by atoms with Crippen LogP contribution in [0.15, 0.2) is 12.7 Å². The van der Waals surface area contributed by atoms with Gasteiger partial charge in [-0.3, -0.25) is 0 Å². The number of carbonyl (C=O) groups excluding carboxylic acids is 1. The molecular formula is C12H26O6. The van der Waals surface area contributed by atoms with E-state index in [0.717, 1.165) is 19.3 Å². The molecule has 18 heavy (non-hydrogen) atoms. The Kier molecular flexibility index (Phi) is 30.9. The summed E-state index contributed by atoms with van der Waals surface area (Å²) in [4.78, 5) is 9.84. The highest BCUT2D eigenvalue weighted by Gasteiger charge is 1.82. The van der Waals surface area contributed by atoms with Gasteiger partial charge in [-0.1, -0.05) is 6.58 Å². The molecule has 0 bridgehead atoms. The Morgan fingerprint density at radius 1 is 1.11 bits per heavy atom. The molecule has 0 aliphatic rings. The summed E-state index contributed by atoms with van der Waals surface area (Å²) in [6.07, 6.45) is 1.11. The largest absolute Gasteiger partial charge is 0.466 e. The minimum atomic E-state index is -0.394. The molecule has 0 unspecified atom stereocenters. The van der Waals surface area contributed by atoms with Gasteiger partial charge in [0.25, 0.3) is 0 Å². The van der Waals surface area contributed by atoms with E-state index in [0.29, 0.717) is 13.2 Å². The van der Waals surface area contributed by atoms with Crippen LogP contribution in [-0.4, -0.2) is 62.9 Å². The average Bonchev–Trinajstić information content (AvgIpc) is 2.41. The summed E-state index contributed by atoms with van der Waals surface area (Å²) in [5, 5.41) is 16.2. The van der Waals surface area contributed by atoms with Crippen LogP contribution in [0.3, 0.4) is 0 Å². The van der Waals surface area contributed by atoms with E-state index in [1.54, 1.807) is 0 Å². The second kappa shape index (κ2) is 25.0. The summed E-state index contributed by atoms with van der Waals surface area (Å²) in [7, 11) is 1.31. The molecule has 0 spiro atoms. The lowest BCUT2D eigenvalue weighted by atomic mass is 10.7. The third kappa shape index (κ3) is 36.3. The first-order valence-electron chi connectivity index (χ1n) is 5.71. The van der Waals surface area contributed by atoms with Gasteiger partial charge >= 0.3 is 5.97 Å². The molecule has 0 radical (unpaired) electrons. The van der Waals surface area contributed by atoms with Crippen molar-refractivity contribution in [2.45, 2.75) is 13.8 Å². The van der Waals surface area contributed by atoms with Gasteiger partial charge in [-0.05, 0) is 13.8 Å². The molecule has 0 heterocycles. The van der Waals surface area contributed by atoms with Gasteiger partial charge in [-0.25, -0.2) is 4.79 Å². The van der Waals surface area contributed by atoms with Gasteiger partial charge in [-0.15, -0.1) is 0 Å². The number of methoxy groups -OCH3 is 1. The molecule has 6 heteroatoms. The van der Waals surface area contributed by atoms with Gasteiger partial charge in [0.2, 0.25) is 0 Å². The van der Waals surface area contributed by atoms with Crippen LogP contribution in [0.5, 0.6) is 0 Å². The molecular weight excluding hydrogens is 240 g/mol. The van der Waals surface area contributed by atoms with Crippen molar-refractivity contribution in [1.29, 1.82) is 0 Å². The Labute approximate surface area is 109 Å². The van der Waals surface area contributed by atoms with Crippen LogP contribution in [0.25, 0.3) is 0 Å². The van der Waals surface area contributed by atoms with Crippen LogP contribution in [0.4, 0.5) is 0 Å². The lowest BCUT2D eigenvalue weighted by Crippen LogP contribution is -2.03. The number of rotatable bonds is 7. The maximum Gasteiger partial charge on any atom is 0.329 e. The summed E-state index contributed by atoms with van der Waals surface area (Å²) in [5.41, 5.74) is 0. The van der Waals surface area contributed by atoms with Gasteiger partial charge in [0, 0.05) is 19.3 Å². The Balaban J connectivity index is -0.000000190. The van der Waals surface area contributed by atoms with Crippen molar-refractivity contribution in [3.8, 4) is 0 Å². The minimum absolute atomic E-state index is 0.0278. The number of hydrogen-bond acceptors (Lipinski definition) is 6. The first kappa shape index (κ1) is 22.2. The van der Waals surface area contributed by atoms with E-state index in [9.17, 15) is 4.79 Å². The first-order valence-corrected chi connectivity index (χ1v) is 5.71. The highest BCUT2D eigenvalue weighted by molar-refractivity contribution is 5.80. The Bertz CT molecular complexity index is 155. The molecule has 0 aromatic carbocycles. The van der Waals surface area contributed by atoms with E-state index in [2.05, 4.69) is 16.1 Å². The second-order valence-electron chi connectivity index (χ2n) is 2.57. The van der Waals surface area contributed by atoms with Crippen LogP contribution in [0.1, 0.15) is 13.8 Å². The summed E-state index contributed by atoms with van der Waals surface area (Å²) >= 11 is 0. The van der Waals surface area contributed by atoms with Gasteiger partial charge in [0.05, 0.1) is 33.5 Å². The minimum Gasteiger partial charge on any atom is -0.466 e. The van der Waals surface area contributed by atoms with Gasteiger partial charge in [0.15, 0.2) is 0 Å². The fraction of sp³-hybridized carbons (Fsp3) is 0.750. The van der Waals surface area contributed by atoms with Gasteiger partial charge in [0.1, 0.15) is 0 Å². The molecule has 0 saturated heterocycles. The Morgan fingerprint density at radius 2 is 1.56 bits per heavy atom. The van der Waals surface area contributed by atoms with Crippen molar-refractivity contribution in [1.82, 2.24) is 0 Å². The molecule has 0 rings (SSSR count). The second-order valence-corrected chi connectivity index (χ2v) is 2.57. The topological polar surface area (TPSA) is 85.2 Å². The molecule has 0 aliphatic carbocycles. The first-order chi connectivity index (χ1) is 8.64. The predicted molar refractivity (Wildman–Crippen MR) is 69.4 cm³/mol. The highest BCUT2D eigenvalue weighted by atomic mass is 16.5. The molecule has 0 atom stereocenters. The third-order valence-corrected chi connectivity index (χ3v) is 1.25. The van der Waals surface area contributed by atoms with Crippen molar-refractivity contribution in [3.05, 3.63) is 12.7 Å². The molecule has 0 aliphatic heterocycles. The summed E-state index contributed by atoms with van der Waals surface area (Å²) in [6.45, 7) is 9.52. The summed E-state index contributed by atoms with van der Waals surface area (Å²) < 4.78 is 13.6. The van der Waals surface area contributed by atoms with Crippen LogP contribution in [0.2, 0.25) is 0 Å². The quantitative estimate of drug-likeness (QED) is 0.393. The van der Waals surface area contributed by atoms with Crippen LogP contribution < -0.4 is 0 Å². The van der Waals surface area contributed by atoms with E-state index in [4.69, 9.17) is 14.9 Å². The van der Waals surface area contributed by atoms with E-state index in [-0.39, 0.29) is 13.2 Å². The fourth-order valence-corrected chi connectivity index (χ4v) is 0.519. The lowest BCUT2D eigenvalue weighted by Gasteiger charge is -1.94. The van der Waals surface area contributed by atoms with Crippen LogP contribution >= 0.6 is 0 Å². The van der Waals surface area contributed by atoms with E-state index in [1.165, 1.54) is 7.11 Å². The zero-order valence-electron chi connectivity index (χ0n) is 11.6. The Hall–Kier alpha value is -0.950. The molecule has 0 amide bonds. The number of ether oxygens (including phenoxy) is 3. The maximum atomic E-state index is 9.84. The van der Waals surface area contributed by atoms with Crippen molar-refractivity contribution < 1.29 is 29.2 Å². The highest BCUT2D eigenvalue weighted by Crippen LogP contribution is 1.68. The van der Waals surface area contributed by atoms with Gasteiger partial charge in [-0.2, -0.15) is 0 Å². The number of aliphatic hydroxyl groups excluding tert-OH is 2. The normalized spacial score (nSPS) is 8.28. The standard InChI is InChI=1S/C4H10O3.C4H6O2.C4H10O/c5-1-3-7-4-2-6;1-3-4(5)6-2;1-3-5-4-2/h5-6H,1-4H2;3H,1H2,2H3;3-4H2,1-2H3. The zero-order chi connectivity index (χ0) is 14.6. The Morgan fingerprint density at radius 3 is 1.67 bits per heavy atom. The number of carbonyl (C=O) groups is 1. The number of aliphatic hydroxyl groups is 2. The van der Waals surface area contributed by atoms with Gasteiger partial charge < -0.3 is 24.4 Å². The van der Waals surface area contributed by atoms with Crippen LogP contribution in [0, 0.1) is 0 Å². The molecule has 0 aromatic rings. The molecule has 0 saturated carbocycles. The molecule has 0 fully saturated rings. The zero-order valence-corrected chi connectivity index (χ0v) is 11.6. The molecule has 2 N–H and O–H groups in total. The summed E-state index contributed by atoms with van der Waals surface area (Å²) in [6, 6.07) is 0. The molecule has 110 valence electrons. The summed E-state index contributed by atoms with van der Waals surface area (Å²) in [5.74, 6) is -0.394. The molecule has 6 nitrogen and oxygen atoms in total. The van der Waals surface area contributed by atoms with Crippen molar-refractivity contribution in [2.24, 2.45) is 0 Å². The SMILES string of the molecule is C=CC(=O)OC.CCOCC.OCCOCCO. The van der Waals surface area contributed by atoms with Crippen LogP contribution in [-0.2, 0) is 19.0 Å². The lowest BCUT2D eigenvalue weighted by molar-refractivity contribution is -0.134. The van der Waals surface area contributed by atoms with E-state index >= 15 is 0 Å². The smallest absolute Gasteiger partial charge is 0.329 e. The number of hydrogen-bond donors (Lipinski definition) is 2. The average molecular weight is 266 g/mol. The number of esters is 1.